The number of hydrogen-bond donors (Lipinski definition) is 1. The lowest BCUT2D eigenvalue weighted by atomic mass is 10.00. The standard InChI is InChI=1S/C21H30N8S/c1-26-9-4-16-17(14-26)30-20-18(16)19(22)29(15-25-20)8-3-7-27-10-12-28(13-11-27)21-23-5-2-6-24-21/h2,5-6,15,19H,3-4,7-14,22H2,1H3. The molecule has 30 heavy (non-hydrogen) atoms. The molecule has 2 N–H and O–H groups in total. The van der Waals surface area contributed by atoms with E-state index in [1.807, 2.05) is 36.1 Å². The van der Waals surface area contributed by atoms with Gasteiger partial charge in [-0.1, -0.05) is 0 Å². The Kier molecular flexibility index (Phi) is 5.68. The quantitative estimate of drug-likeness (QED) is 0.779. The summed E-state index contributed by atoms with van der Waals surface area (Å²) in [6, 6.07) is 1.86. The molecular formula is C21H30N8S. The SMILES string of the molecule is CN1CCc2c(sc3c2C(N)N(CCCN2CCN(c4ncccn4)CC2)C=N3)C1. The molecule has 1 atom stereocenters. The zero-order valence-electron chi connectivity index (χ0n) is 17.6. The monoisotopic (exact) mass is 426 g/mol. The summed E-state index contributed by atoms with van der Waals surface area (Å²) in [5.74, 6) is 0.841. The topological polar surface area (TPSA) is 77.1 Å². The fourth-order valence-electron chi connectivity index (χ4n) is 4.61. The number of anilines is 1. The molecule has 3 aliphatic heterocycles. The highest BCUT2D eigenvalue weighted by molar-refractivity contribution is 7.16. The minimum Gasteiger partial charge on any atom is -0.343 e. The molecule has 0 aliphatic carbocycles. The van der Waals surface area contributed by atoms with Gasteiger partial charge in [-0.3, -0.25) is 4.90 Å². The Morgan fingerprint density at radius 3 is 2.70 bits per heavy atom. The molecule has 2 aromatic heterocycles. The molecule has 0 radical (unpaired) electrons. The number of thiophene rings is 1. The minimum atomic E-state index is -0.0621. The third-order valence-electron chi connectivity index (χ3n) is 6.34. The first-order chi connectivity index (χ1) is 14.7. The summed E-state index contributed by atoms with van der Waals surface area (Å²) >= 11 is 1.82. The van der Waals surface area contributed by atoms with Crippen LogP contribution >= 0.6 is 11.3 Å². The van der Waals surface area contributed by atoms with E-state index in [-0.39, 0.29) is 6.17 Å². The number of rotatable bonds is 5. The van der Waals surface area contributed by atoms with Crippen LogP contribution in [-0.2, 0) is 13.0 Å². The second kappa shape index (κ2) is 8.58. The lowest BCUT2D eigenvalue weighted by Gasteiger charge is -2.35. The highest BCUT2D eigenvalue weighted by Crippen LogP contribution is 2.43. The summed E-state index contributed by atoms with van der Waals surface area (Å²) in [7, 11) is 2.18. The number of nitrogens with two attached hydrogens (primary N) is 1. The fourth-order valence-corrected chi connectivity index (χ4v) is 5.91. The third kappa shape index (κ3) is 3.94. The summed E-state index contributed by atoms with van der Waals surface area (Å²) in [4.78, 5) is 24.3. The zero-order valence-corrected chi connectivity index (χ0v) is 18.4. The number of hydrogen-bond acceptors (Lipinski definition) is 9. The Bertz CT molecular complexity index is 890. The summed E-state index contributed by atoms with van der Waals surface area (Å²) in [6.45, 7) is 8.21. The highest BCUT2D eigenvalue weighted by atomic mass is 32.1. The summed E-state index contributed by atoms with van der Waals surface area (Å²) in [5, 5.41) is 1.12. The van der Waals surface area contributed by atoms with Gasteiger partial charge in [-0.15, -0.1) is 11.3 Å². The second-order valence-corrected chi connectivity index (χ2v) is 9.45. The Morgan fingerprint density at radius 2 is 1.90 bits per heavy atom. The molecule has 0 saturated carbocycles. The first kappa shape index (κ1) is 19.9. The van der Waals surface area contributed by atoms with Crippen molar-refractivity contribution in [3.05, 3.63) is 34.5 Å². The number of aromatic nitrogens is 2. The molecule has 5 rings (SSSR count). The average molecular weight is 427 g/mol. The number of piperazine rings is 1. The van der Waals surface area contributed by atoms with Crippen LogP contribution < -0.4 is 10.6 Å². The molecule has 1 saturated heterocycles. The van der Waals surface area contributed by atoms with Crippen LogP contribution in [0, 0.1) is 0 Å². The van der Waals surface area contributed by atoms with Crippen molar-refractivity contribution in [1.82, 2.24) is 24.7 Å². The lowest BCUT2D eigenvalue weighted by molar-refractivity contribution is 0.233. The van der Waals surface area contributed by atoms with Gasteiger partial charge in [0.25, 0.3) is 0 Å². The number of fused-ring (bicyclic) bond motifs is 3. The fraction of sp³-hybridized carbons (Fsp3) is 0.571. The van der Waals surface area contributed by atoms with Gasteiger partial charge in [0, 0.05) is 68.6 Å². The Balaban J connectivity index is 1.12. The molecule has 0 aromatic carbocycles. The Labute approximate surface area is 182 Å². The maximum absolute atomic E-state index is 6.69. The van der Waals surface area contributed by atoms with E-state index in [0.717, 1.165) is 76.1 Å². The molecule has 2 aromatic rings. The first-order valence-corrected chi connectivity index (χ1v) is 11.6. The van der Waals surface area contributed by atoms with Crippen LogP contribution in [0.4, 0.5) is 10.9 Å². The molecule has 1 fully saturated rings. The van der Waals surface area contributed by atoms with Crippen molar-refractivity contribution in [2.24, 2.45) is 10.7 Å². The van der Waals surface area contributed by atoms with E-state index in [2.05, 4.69) is 36.6 Å². The van der Waals surface area contributed by atoms with Crippen LogP contribution in [0.2, 0.25) is 0 Å². The van der Waals surface area contributed by atoms with E-state index in [0.29, 0.717) is 0 Å². The van der Waals surface area contributed by atoms with Gasteiger partial charge in [0.2, 0.25) is 5.95 Å². The molecule has 160 valence electrons. The van der Waals surface area contributed by atoms with Crippen LogP contribution in [0.15, 0.2) is 23.5 Å². The van der Waals surface area contributed by atoms with E-state index < -0.39 is 0 Å². The van der Waals surface area contributed by atoms with Gasteiger partial charge in [-0.25, -0.2) is 15.0 Å². The van der Waals surface area contributed by atoms with Crippen LogP contribution in [-0.4, -0.2) is 83.9 Å². The van der Waals surface area contributed by atoms with Crippen molar-refractivity contribution in [3.63, 3.8) is 0 Å². The average Bonchev–Trinajstić information content (AvgIpc) is 3.14. The van der Waals surface area contributed by atoms with Gasteiger partial charge in [-0.05, 0) is 38.1 Å². The van der Waals surface area contributed by atoms with Gasteiger partial charge in [-0.2, -0.15) is 0 Å². The van der Waals surface area contributed by atoms with Crippen molar-refractivity contribution in [2.45, 2.75) is 25.6 Å². The molecule has 5 heterocycles. The first-order valence-electron chi connectivity index (χ1n) is 10.8. The normalized spacial score (nSPS) is 22.3. The van der Waals surface area contributed by atoms with Crippen molar-refractivity contribution in [3.8, 4) is 0 Å². The molecular weight excluding hydrogens is 396 g/mol. The Morgan fingerprint density at radius 1 is 1.10 bits per heavy atom. The highest BCUT2D eigenvalue weighted by Gasteiger charge is 2.30. The smallest absolute Gasteiger partial charge is 0.225 e. The minimum absolute atomic E-state index is 0.0621. The van der Waals surface area contributed by atoms with Crippen molar-refractivity contribution in [1.29, 1.82) is 0 Å². The van der Waals surface area contributed by atoms with Gasteiger partial charge in [0.05, 0.1) is 6.34 Å². The van der Waals surface area contributed by atoms with Crippen LogP contribution in [0.25, 0.3) is 0 Å². The molecule has 9 heteroatoms. The molecule has 0 amide bonds. The van der Waals surface area contributed by atoms with Gasteiger partial charge in [0.1, 0.15) is 11.2 Å². The molecule has 1 unspecified atom stereocenters. The van der Waals surface area contributed by atoms with Crippen LogP contribution in [0.1, 0.15) is 28.6 Å². The van der Waals surface area contributed by atoms with E-state index in [1.54, 1.807) is 0 Å². The lowest BCUT2D eigenvalue weighted by Crippen LogP contribution is -2.47. The summed E-state index contributed by atoms with van der Waals surface area (Å²) < 4.78 is 0. The van der Waals surface area contributed by atoms with Crippen molar-refractivity contribution >= 4 is 28.6 Å². The van der Waals surface area contributed by atoms with E-state index in [4.69, 9.17) is 10.7 Å². The third-order valence-corrected chi connectivity index (χ3v) is 7.48. The van der Waals surface area contributed by atoms with Gasteiger partial charge >= 0.3 is 0 Å². The van der Waals surface area contributed by atoms with Gasteiger partial charge in [0.15, 0.2) is 0 Å². The maximum Gasteiger partial charge on any atom is 0.225 e. The molecule has 0 spiro atoms. The van der Waals surface area contributed by atoms with Crippen LogP contribution in [0.5, 0.6) is 0 Å². The predicted octanol–water partition coefficient (Wildman–Crippen LogP) is 1.67. The summed E-state index contributed by atoms with van der Waals surface area (Å²) in [6.07, 6.45) is 7.70. The Hall–Kier alpha value is -2.07. The second-order valence-electron chi connectivity index (χ2n) is 8.37. The summed E-state index contributed by atoms with van der Waals surface area (Å²) in [5.41, 5.74) is 9.43. The number of nitrogens with zero attached hydrogens (tertiary/aromatic N) is 7. The van der Waals surface area contributed by atoms with E-state index in [1.165, 1.54) is 16.0 Å². The number of likely N-dealkylation sites (N-methyl/N-ethyl adjacent to an activating group) is 1. The molecule has 3 aliphatic rings. The van der Waals surface area contributed by atoms with Crippen molar-refractivity contribution in [2.75, 3.05) is 57.8 Å². The number of aliphatic imine (C=N–C) groups is 1. The van der Waals surface area contributed by atoms with Gasteiger partial charge < -0.3 is 20.4 Å². The van der Waals surface area contributed by atoms with E-state index in [9.17, 15) is 0 Å². The maximum atomic E-state index is 6.69. The largest absolute Gasteiger partial charge is 0.343 e. The zero-order chi connectivity index (χ0) is 20.5. The predicted molar refractivity (Wildman–Crippen MR) is 121 cm³/mol. The molecule has 8 nitrogen and oxygen atoms in total. The molecule has 0 bridgehead atoms. The van der Waals surface area contributed by atoms with Crippen molar-refractivity contribution < 1.29 is 0 Å². The van der Waals surface area contributed by atoms with E-state index >= 15 is 0 Å². The van der Waals surface area contributed by atoms with Crippen LogP contribution in [0.3, 0.4) is 0 Å².